The highest BCUT2D eigenvalue weighted by atomic mass is 19.4. The minimum absolute atomic E-state index is 0.0628. The number of nitrogens with one attached hydrogen (secondary N) is 1. The van der Waals surface area contributed by atoms with E-state index >= 15 is 0 Å². The van der Waals surface area contributed by atoms with Crippen LogP contribution in [0.1, 0.15) is 32.6 Å². The minimum atomic E-state index is -4.46. The summed E-state index contributed by atoms with van der Waals surface area (Å²) >= 11 is 0. The van der Waals surface area contributed by atoms with Gasteiger partial charge in [-0.05, 0) is 49.2 Å². The molecular formula is C20H21F3N2O2. The van der Waals surface area contributed by atoms with Crippen LogP contribution in [-0.2, 0) is 17.5 Å². The van der Waals surface area contributed by atoms with Gasteiger partial charge in [-0.1, -0.05) is 23.8 Å². The zero-order chi connectivity index (χ0) is 20.2. The van der Waals surface area contributed by atoms with E-state index in [4.69, 9.17) is 0 Å². The molecule has 0 atom stereocenters. The molecule has 0 bridgehead atoms. The summed E-state index contributed by atoms with van der Waals surface area (Å²) in [6.45, 7) is 4.12. The van der Waals surface area contributed by atoms with Crippen LogP contribution in [0.2, 0.25) is 0 Å². The maximum Gasteiger partial charge on any atom is 0.416 e. The molecule has 0 aromatic heterocycles. The van der Waals surface area contributed by atoms with E-state index in [0.717, 1.165) is 41.0 Å². The smallest absolute Gasteiger partial charge is 0.343 e. The zero-order valence-electron chi connectivity index (χ0n) is 15.4. The normalized spacial score (nSPS) is 11.2. The molecule has 0 aliphatic carbocycles. The second kappa shape index (κ2) is 8.24. The van der Waals surface area contributed by atoms with Crippen molar-refractivity contribution in [2.45, 2.75) is 26.6 Å². The van der Waals surface area contributed by atoms with E-state index in [2.05, 4.69) is 5.32 Å². The Labute approximate surface area is 156 Å². The first-order valence-corrected chi connectivity index (χ1v) is 8.33. The number of carbonyl (C=O) groups excluding carboxylic acids is 2. The molecule has 0 saturated heterocycles. The molecule has 7 heteroatoms. The van der Waals surface area contributed by atoms with Crippen molar-refractivity contribution in [2.75, 3.05) is 13.6 Å². The minimum Gasteiger partial charge on any atom is -0.343 e. The van der Waals surface area contributed by atoms with Gasteiger partial charge in [-0.25, -0.2) is 0 Å². The van der Waals surface area contributed by atoms with Gasteiger partial charge < -0.3 is 10.2 Å². The van der Waals surface area contributed by atoms with Crippen LogP contribution in [0.4, 0.5) is 13.2 Å². The number of benzene rings is 2. The largest absolute Gasteiger partial charge is 0.416 e. The van der Waals surface area contributed by atoms with Gasteiger partial charge in [-0.15, -0.1) is 0 Å². The summed E-state index contributed by atoms with van der Waals surface area (Å²) in [6, 6.07) is 9.79. The van der Waals surface area contributed by atoms with Crippen LogP contribution < -0.4 is 5.32 Å². The highest BCUT2D eigenvalue weighted by Gasteiger charge is 2.30. The number of halogens is 3. The number of nitrogens with zero attached hydrogens (tertiary/aromatic N) is 1. The van der Waals surface area contributed by atoms with Crippen molar-refractivity contribution in [1.82, 2.24) is 10.2 Å². The Balaban J connectivity index is 1.91. The average molecular weight is 378 g/mol. The van der Waals surface area contributed by atoms with Gasteiger partial charge in [-0.2, -0.15) is 13.2 Å². The summed E-state index contributed by atoms with van der Waals surface area (Å²) in [7, 11) is 1.63. The van der Waals surface area contributed by atoms with Crippen molar-refractivity contribution in [3.05, 3.63) is 70.3 Å². The van der Waals surface area contributed by atoms with Crippen LogP contribution in [0.15, 0.2) is 42.5 Å². The first-order chi connectivity index (χ1) is 12.6. The van der Waals surface area contributed by atoms with Gasteiger partial charge >= 0.3 is 6.18 Å². The van der Waals surface area contributed by atoms with Crippen molar-refractivity contribution < 1.29 is 22.8 Å². The van der Waals surface area contributed by atoms with Gasteiger partial charge in [0.15, 0.2) is 0 Å². The van der Waals surface area contributed by atoms with Crippen molar-refractivity contribution >= 4 is 11.8 Å². The van der Waals surface area contributed by atoms with E-state index in [9.17, 15) is 22.8 Å². The van der Waals surface area contributed by atoms with Crippen molar-refractivity contribution in [1.29, 1.82) is 0 Å². The summed E-state index contributed by atoms with van der Waals surface area (Å²) in [5.41, 5.74) is 2.44. The molecule has 0 aliphatic heterocycles. The predicted octanol–water partition coefficient (Wildman–Crippen LogP) is 3.71. The third-order valence-electron chi connectivity index (χ3n) is 4.21. The lowest BCUT2D eigenvalue weighted by atomic mass is 10.1. The van der Waals surface area contributed by atoms with E-state index < -0.39 is 17.6 Å². The van der Waals surface area contributed by atoms with Crippen LogP contribution in [0.25, 0.3) is 0 Å². The van der Waals surface area contributed by atoms with E-state index in [0.29, 0.717) is 6.54 Å². The highest BCUT2D eigenvalue weighted by Crippen LogP contribution is 2.29. The molecule has 0 aliphatic rings. The lowest BCUT2D eigenvalue weighted by molar-refractivity contribution is -0.137. The van der Waals surface area contributed by atoms with E-state index in [-0.39, 0.29) is 18.0 Å². The Morgan fingerprint density at radius 2 is 1.67 bits per heavy atom. The summed E-state index contributed by atoms with van der Waals surface area (Å²) in [4.78, 5) is 25.7. The number of amides is 2. The molecule has 0 radical (unpaired) electrons. The molecule has 0 spiro atoms. The molecule has 2 aromatic rings. The number of likely N-dealkylation sites (N-methyl/N-ethyl adjacent to an activating group) is 1. The van der Waals surface area contributed by atoms with E-state index in [1.54, 1.807) is 7.05 Å². The van der Waals surface area contributed by atoms with Gasteiger partial charge in [-0.3, -0.25) is 9.59 Å². The fourth-order valence-electron chi connectivity index (χ4n) is 2.57. The van der Waals surface area contributed by atoms with Gasteiger partial charge in [0, 0.05) is 19.2 Å². The van der Waals surface area contributed by atoms with Gasteiger partial charge in [0.25, 0.3) is 5.91 Å². The fourth-order valence-corrected chi connectivity index (χ4v) is 2.57. The maximum absolute atomic E-state index is 12.5. The Hall–Kier alpha value is -2.83. The summed E-state index contributed by atoms with van der Waals surface area (Å²) in [6.07, 6.45) is -4.46. The molecule has 0 fully saturated rings. The molecule has 2 amide bonds. The molecule has 2 rings (SSSR count). The zero-order valence-corrected chi connectivity index (χ0v) is 15.4. The van der Waals surface area contributed by atoms with Gasteiger partial charge in [0.05, 0.1) is 12.1 Å². The lowest BCUT2D eigenvalue weighted by Gasteiger charge is -2.19. The maximum atomic E-state index is 12.5. The monoisotopic (exact) mass is 378 g/mol. The van der Waals surface area contributed by atoms with Crippen LogP contribution in [-0.4, -0.2) is 30.3 Å². The Kier molecular flexibility index (Phi) is 6.25. The molecule has 1 N–H and O–H groups in total. The molecule has 27 heavy (non-hydrogen) atoms. The number of aryl methyl sites for hydroxylation is 2. The van der Waals surface area contributed by atoms with Gasteiger partial charge in [0.2, 0.25) is 5.91 Å². The van der Waals surface area contributed by atoms with E-state index in [1.807, 2.05) is 32.0 Å². The third-order valence-corrected chi connectivity index (χ3v) is 4.21. The third kappa shape index (κ3) is 5.57. The first-order valence-electron chi connectivity index (χ1n) is 8.33. The molecule has 2 aromatic carbocycles. The number of carbonyl (C=O) groups is 2. The highest BCUT2D eigenvalue weighted by molar-refractivity contribution is 5.96. The van der Waals surface area contributed by atoms with Gasteiger partial charge in [0.1, 0.15) is 0 Å². The van der Waals surface area contributed by atoms with Crippen molar-refractivity contribution in [3.8, 4) is 0 Å². The van der Waals surface area contributed by atoms with Crippen LogP contribution >= 0.6 is 0 Å². The van der Waals surface area contributed by atoms with Crippen molar-refractivity contribution in [3.63, 3.8) is 0 Å². The van der Waals surface area contributed by atoms with Crippen molar-refractivity contribution in [2.24, 2.45) is 0 Å². The topological polar surface area (TPSA) is 49.4 Å². The quantitative estimate of drug-likeness (QED) is 0.862. The SMILES string of the molecule is Cc1ccc(CN(C)C(=O)CNC(=O)c2ccc(C(F)(F)F)cc2)c(C)c1. The molecule has 144 valence electrons. The Bertz CT molecular complexity index is 830. The van der Waals surface area contributed by atoms with Crippen LogP contribution in [0, 0.1) is 13.8 Å². The number of rotatable bonds is 5. The lowest BCUT2D eigenvalue weighted by Crippen LogP contribution is -2.37. The predicted molar refractivity (Wildman–Crippen MR) is 96.2 cm³/mol. The second-order valence-electron chi connectivity index (χ2n) is 6.44. The number of hydrogen-bond donors (Lipinski definition) is 1. The first kappa shape index (κ1) is 20.5. The number of alkyl halides is 3. The molecule has 0 unspecified atom stereocenters. The van der Waals surface area contributed by atoms with Crippen LogP contribution in [0.5, 0.6) is 0 Å². The average Bonchev–Trinajstić information content (AvgIpc) is 2.61. The molecule has 4 nitrogen and oxygen atoms in total. The molecular weight excluding hydrogens is 357 g/mol. The Morgan fingerprint density at radius 3 is 2.22 bits per heavy atom. The number of hydrogen-bond acceptors (Lipinski definition) is 2. The molecule has 0 heterocycles. The molecule has 0 saturated carbocycles. The van der Waals surface area contributed by atoms with Crippen LogP contribution in [0.3, 0.4) is 0 Å². The van der Waals surface area contributed by atoms with E-state index in [1.165, 1.54) is 4.90 Å². The fraction of sp³-hybridized carbons (Fsp3) is 0.300. The Morgan fingerprint density at radius 1 is 1.04 bits per heavy atom. The standard InChI is InChI=1S/C20H21F3N2O2/c1-13-4-5-16(14(2)10-13)12-25(3)18(26)11-24-19(27)15-6-8-17(9-7-15)20(21,22)23/h4-10H,11-12H2,1-3H3,(H,24,27). The second-order valence-corrected chi connectivity index (χ2v) is 6.44. The summed E-state index contributed by atoms with van der Waals surface area (Å²) in [5.74, 6) is -0.896. The summed E-state index contributed by atoms with van der Waals surface area (Å²) in [5, 5.41) is 2.44. The summed E-state index contributed by atoms with van der Waals surface area (Å²) < 4.78 is 37.6.